The lowest BCUT2D eigenvalue weighted by atomic mass is 9.93. The van der Waals surface area contributed by atoms with Gasteiger partial charge in [0.25, 0.3) is 0 Å². The summed E-state index contributed by atoms with van der Waals surface area (Å²) in [4.78, 5) is 14.0. The second-order valence-corrected chi connectivity index (χ2v) is 5.06. The zero-order valence-corrected chi connectivity index (χ0v) is 10.2. The van der Waals surface area contributed by atoms with Crippen LogP contribution in [0.2, 0.25) is 0 Å². The van der Waals surface area contributed by atoms with Crippen molar-refractivity contribution < 1.29 is 4.79 Å². The molecule has 3 heteroatoms. The zero-order chi connectivity index (χ0) is 11.9. The number of nitrogens with one attached hydrogen (secondary N) is 1. The van der Waals surface area contributed by atoms with Crippen LogP contribution in [0.1, 0.15) is 30.4 Å². The Balaban J connectivity index is 2.06. The van der Waals surface area contributed by atoms with Crippen LogP contribution in [0.5, 0.6) is 0 Å². The Bertz CT molecular complexity index is 457. The molecule has 2 aliphatic heterocycles. The molecule has 1 aromatic carbocycles. The van der Waals surface area contributed by atoms with Gasteiger partial charge in [0.15, 0.2) is 0 Å². The van der Waals surface area contributed by atoms with Crippen LogP contribution in [0.3, 0.4) is 0 Å². The largest absolute Gasteiger partial charge is 0.320 e. The number of carbonyl (C=O) groups excluding carboxylic acids is 1. The number of benzene rings is 1. The highest BCUT2D eigenvalue weighted by molar-refractivity contribution is 5.80. The van der Waals surface area contributed by atoms with Gasteiger partial charge in [-0.3, -0.25) is 10.1 Å². The lowest BCUT2D eigenvalue weighted by Gasteiger charge is -2.43. The minimum atomic E-state index is -0.221. The molecular formula is C14H18N2O. The van der Waals surface area contributed by atoms with Crippen LogP contribution in [0.15, 0.2) is 24.3 Å². The molecular weight excluding hydrogens is 212 g/mol. The van der Waals surface area contributed by atoms with E-state index in [2.05, 4.69) is 36.5 Å². The summed E-state index contributed by atoms with van der Waals surface area (Å²) in [6, 6.07) is 8.52. The van der Waals surface area contributed by atoms with Gasteiger partial charge in [0.05, 0.1) is 0 Å². The number of aryl methyl sites for hydroxylation is 1. The minimum absolute atomic E-state index is 0.221. The standard InChI is InChI=1S/C14H18N2O/c1-11-4-2-5-12(10-11)14-7-6-13(17)16(14)9-3-8-15-14/h2,4-5,10,15H,3,6-9H2,1H3. The van der Waals surface area contributed by atoms with E-state index in [1.807, 2.05) is 4.90 Å². The van der Waals surface area contributed by atoms with E-state index in [4.69, 9.17) is 0 Å². The monoisotopic (exact) mass is 230 g/mol. The maximum atomic E-state index is 12.0. The van der Waals surface area contributed by atoms with E-state index in [9.17, 15) is 4.79 Å². The third-order valence-corrected chi connectivity index (χ3v) is 3.93. The van der Waals surface area contributed by atoms with Crippen LogP contribution in [0.25, 0.3) is 0 Å². The topological polar surface area (TPSA) is 32.3 Å². The predicted octanol–water partition coefficient (Wildman–Crippen LogP) is 1.76. The van der Waals surface area contributed by atoms with E-state index in [-0.39, 0.29) is 5.66 Å². The van der Waals surface area contributed by atoms with Gasteiger partial charge in [-0.2, -0.15) is 0 Å². The molecule has 3 nitrogen and oxygen atoms in total. The number of carbonyl (C=O) groups is 1. The molecule has 2 fully saturated rings. The van der Waals surface area contributed by atoms with Crippen molar-refractivity contribution in [2.45, 2.75) is 31.8 Å². The minimum Gasteiger partial charge on any atom is -0.320 e. The van der Waals surface area contributed by atoms with Crippen molar-refractivity contribution in [1.82, 2.24) is 10.2 Å². The fourth-order valence-electron chi connectivity index (χ4n) is 3.11. The van der Waals surface area contributed by atoms with Crippen LogP contribution in [-0.4, -0.2) is 23.9 Å². The Morgan fingerprint density at radius 1 is 1.41 bits per heavy atom. The second-order valence-electron chi connectivity index (χ2n) is 5.06. The zero-order valence-electron chi connectivity index (χ0n) is 10.2. The molecule has 3 rings (SSSR count). The third-order valence-electron chi connectivity index (χ3n) is 3.93. The smallest absolute Gasteiger partial charge is 0.224 e. The number of hydrogen-bond acceptors (Lipinski definition) is 2. The summed E-state index contributed by atoms with van der Waals surface area (Å²) >= 11 is 0. The summed E-state index contributed by atoms with van der Waals surface area (Å²) in [5, 5.41) is 3.57. The maximum Gasteiger partial charge on any atom is 0.224 e. The molecule has 2 aliphatic rings. The quantitative estimate of drug-likeness (QED) is 0.797. The van der Waals surface area contributed by atoms with Gasteiger partial charge in [0, 0.05) is 13.0 Å². The average molecular weight is 230 g/mol. The SMILES string of the molecule is Cc1cccc(C23CCC(=O)N2CCCN3)c1. The lowest BCUT2D eigenvalue weighted by Crippen LogP contribution is -2.58. The number of nitrogens with zero attached hydrogens (tertiary/aromatic N) is 1. The summed E-state index contributed by atoms with van der Waals surface area (Å²) in [5.74, 6) is 0.290. The summed E-state index contributed by atoms with van der Waals surface area (Å²) in [6.45, 7) is 3.99. The summed E-state index contributed by atoms with van der Waals surface area (Å²) in [6.07, 6.45) is 2.62. The first-order valence-corrected chi connectivity index (χ1v) is 6.35. The summed E-state index contributed by atoms with van der Waals surface area (Å²) < 4.78 is 0. The first-order valence-electron chi connectivity index (χ1n) is 6.35. The molecule has 1 atom stereocenters. The molecule has 0 radical (unpaired) electrons. The predicted molar refractivity (Wildman–Crippen MR) is 66.4 cm³/mol. The van der Waals surface area contributed by atoms with Crippen LogP contribution in [-0.2, 0) is 10.5 Å². The van der Waals surface area contributed by atoms with E-state index in [0.717, 1.165) is 25.9 Å². The molecule has 0 spiro atoms. The number of rotatable bonds is 1. The van der Waals surface area contributed by atoms with Gasteiger partial charge >= 0.3 is 0 Å². The molecule has 0 saturated carbocycles. The highest BCUT2D eigenvalue weighted by Crippen LogP contribution is 2.39. The number of fused-ring (bicyclic) bond motifs is 1. The highest BCUT2D eigenvalue weighted by atomic mass is 16.2. The fraction of sp³-hybridized carbons (Fsp3) is 0.500. The second kappa shape index (κ2) is 3.84. The van der Waals surface area contributed by atoms with Crippen molar-refractivity contribution in [3.63, 3.8) is 0 Å². The average Bonchev–Trinajstić information content (AvgIpc) is 2.69. The van der Waals surface area contributed by atoms with Crippen LogP contribution >= 0.6 is 0 Å². The first kappa shape index (κ1) is 10.8. The van der Waals surface area contributed by atoms with E-state index in [0.29, 0.717) is 12.3 Å². The Kier molecular flexibility index (Phi) is 2.44. The van der Waals surface area contributed by atoms with E-state index in [1.54, 1.807) is 0 Å². The van der Waals surface area contributed by atoms with Crippen molar-refractivity contribution in [2.24, 2.45) is 0 Å². The number of amides is 1. The van der Waals surface area contributed by atoms with Gasteiger partial charge in [-0.1, -0.05) is 29.8 Å². The maximum absolute atomic E-state index is 12.0. The number of hydrogen-bond donors (Lipinski definition) is 1. The molecule has 1 amide bonds. The normalized spacial score (nSPS) is 28.3. The van der Waals surface area contributed by atoms with E-state index >= 15 is 0 Å². The molecule has 2 heterocycles. The molecule has 0 aliphatic carbocycles. The van der Waals surface area contributed by atoms with E-state index in [1.165, 1.54) is 11.1 Å². The molecule has 90 valence electrons. The Labute approximate surface area is 102 Å². The van der Waals surface area contributed by atoms with Crippen LogP contribution < -0.4 is 5.32 Å². The van der Waals surface area contributed by atoms with Gasteiger partial charge in [-0.05, 0) is 31.9 Å². The van der Waals surface area contributed by atoms with Gasteiger partial charge in [0.2, 0.25) is 5.91 Å². The Morgan fingerprint density at radius 3 is 3.12 bits per heavy atom. The fourth-order valence-corrected chi connectivity index (χ4v) is 3.11. The molecule has 1 N–H and O–H groups in total. The third kappa shape index (κ3) is 1.57. The van der Waals surface area contributed by atoms with Gasteiger partial charge in [-0.25, -0.2) is 0 Å². The first-order chi connectivity index (χ1) is 8.22. The van der Waals surface area contributed by atoms with Gasteiger partial charge in [-0.15, -0.1) is 0 Å². The van der Waals surface area contributed by atoms with Crippen molar-refractivity contribution in [3.8, 4) is 0 Å². The molecule has 0 bridgehead atoms. The van der Waals surface area contributed by atoms with Gasteiger partial charge in [0.1, 0.15) is 5.66 Å². The van der Waals surface area contributed by atoms with Crippen molar-refractivity contribution in [2.75, 3.05) is 13.1 Å². The van der Waals surface area contributed by atoms with Crippen molar-refractivity contribution >= 4 is 5.91 Å². The van der Waals surface area contributed by atoms with Crippen molar-refractivity contribution in [3.05, 3.63) is 35.4 Å². The van der Waals surface area contributed by atoms with Crippen LogP contribution in [0, 0.1) is 6.92 Å². The Hall–Kier alpha value is -1.35. The molecule has 2 saturated heterocycles. The molecule has 1 aromatic rings. The lowest BCUT2D eigenvalue weighted by molar-refractivity contribution is -0.133. The van der Waals surface area contributed by atoms with Crippen molar-refractivity contribution in [1.29, 1.82) is 0 Å². The summed E-state index contributed by atoms with van der Waals surface area (Å²) in [5.41, 5.74) is 2.27. The molecule has 1 unspecified atom stereocenters. The van der Waals surface area contributed by atoms with E-state index < -0.39 is 0 Å². The van der Waals surface area contributed by atoms with Gasteiger partial charge < -0.3 is 4.90 Å². The Morgan fingerprint density at radius 2 is 2.29 bits per heavy atom. The molecule has 17 heavy (non-hydrogen) atoms. The van der Waals surface area contributed by atoms with Crippen LogP contribution in [0.4, 0.5) is 0 Å². The highest BCUT2D eigenvalue weighted by Gasteiger charge is 2.47. The summed E-state index contributed by atoms with van der Waals surface area (Å²) in [7, 11) is 0. The molecule has 0 aromatic heterocycles.